The molecular formula is C19H14Cl2N2O4. The number of carbonyl (C=O) groups excluding carboxylic acids is 3. The summed E-state index contributed by atoms with van der Waals surface area (Å²) in [5.41, 5.74) is 1.43. The molecule has 138 valence electrons. The van der Waals surface area contributed by atoms with Crippen molar-refractivity contribution in [3.05, 3.63) is 69.3 Å². The molecule has 0 radical (unpaired) electrons. The standard InChI is InChI=1S/C19H14Cl2N2O4/c1-10-7-8-11(20)9-13(10)22-16-15(21)17(24)23(18(16)25)14-6-4-3-5-12(14)19(26)27-2/h3-9,22H,1-2H3. The van der Waals surface area contributed by atoms with Crippen molar-refractivity contribution >= 4 is 52.4 Å². The van der Waals surface area contributed by atoms with E-state index < -0.39 is 17.8 Å². The molecule has 1 aliphatic rings. The fourth-order valence-electron chi connectivity index (χ4n) is 2.64. The number of halogens is 2. The van der Waals surface area contributed by atoms with Crippen LogP contribution in [0.2, 0.25) is 5.02 Å². The van der Waals surface area contributed by atoms with Crippen molar-refractivity contribution in [2.45, 2.75) is 6.92 Å². The van der Waals surface area contributed by atoms with E-state index in [9.17, 15) is 14.4 Å². The maximum atomic E-state index is 12.9. The molecule has 27 heavy (non-hydrogen) atoms. The number of methoxy groups -OCH3 is 1. The molecule has 0 saturated heterocycles. The molecule has 0 atom stereocenters. The predicted octanol–water partition coefficient (Wildman–Crippen LogP) is 3.87. The first-order valence-electron chi connectivity index (χ1n) is 7.84. The zero-order chi connectivity index (χ0) is 19.7. The van der Waals surface area contributed by atoms with Crippen molar-refractivity contribution in [3.8, 4) is 0 Å². The highest BCUT2D eigenvalue weighted by Crippen LogP contribution is 2.33. The van der Waals surface area contributed by atoms with E-state index in [2.05, 4.69) is 5.32 Å². The number of esters is 1. The van der Waals surface area contributed by atoms with Gasteiger partial charge in [-0.2, -0.15) is 0 Å². The maximum Gasteiger partial charge on any atom is 0.339 e. The number of hydrogen-bond acceptors (Lipinski definition) is 5. The third-order valence-electron chi connectivity index (χ3n) is 4.04. The van der Waals surface area contributed by atoms with Crippen LogP contribution in [0, 0.1) is 6.92 Å². The van der Waals surface area contributed by atoms with E-state index in [4.69, 9.17) is 27.9 Å². The number of hydrogen-bond donors (Lipinski definition) is 1. The van der Waals surface area contributed by atoms with E-state index in [1.807, 2.05) is 6.92 Å². The lowest BCUT2D eigenvalue weighted by molar-refractivity contribution is -0.120. The highest BCUT2D eigenvalue weighted by Gasteiger charge is 2.40. The van der Waals surface area contributed by atoms with Crippen LogP contribution in [-0.4, -0.2) is 24.9 Å². The van der Waals surface area contributed by atoms with Gasteiger partial charge in [0.25, 0.3) is 11.8 Å². The van der Waals surface area contributed by atoms with Gasteiger partial charge in [-0.15, -0.1) is 0 Å². The molecule has 8 heteroatoms. The third-order valence-corrected chi connectivity index (χ3v) is 4.62. The Hall–Kier alpha value is -2.83. The number of anilines is 2. The first kappa shape index (κ1) is 18.9. The first-order chi connectivity index (χ1) is 12.8. The average Bonchev–Trinajstić information content (AvgIpc) is 2.87. The summed E-state index contributed by atoms with van der Waals surface area (Å²) >= 11 is 12.1. The van der Waals surface area contributed by atoms with Gasteiger partial charge in [-0.25, -0.2) is 9.69 Å². The van der Waals surface area contributed by atoms with E-state index in [1.165, 1.54) is 19.2 Å². The summed E-state index contributed by atoms with van der Waals surface area (Å²) in [5, 5.41) is 3.06. The summed E-state index contributed by atoms with van der Waals surface area (Å²) in [5.74, 6) is -2.09. The van der Waals surface area contributed by atoms with Gasteiger partial charge in [0.1, 0.15) is 10.7 Å². The van der Waals surface area contributed by atoms with Crippen molar-refractivity contribution in [2.24, 2.45) is 0 Å². The molecule has 2 amide bonds. The monoisotopic (exact) mass is 404 g/mol. The van der Waals surface area contributed by atoms with Gasteiger partial charge in [0.05, 0.1) is 18.4 Å². The lowest BCUT2D eigenvalue weighted by Crippen LogP contribution is -2.33. The molecule has 0 fully saturated rings. The number of para-hydroxylation sites is 1. The number of amides is 2. The fraction of sp³-hybridized carbons (Fsp3) is 0.105. The number of aryl methyl sites for hydroxylation is 1. The van der Waals surface area contributed by atoms with Gasteiger partial charge in [0.15, 0.2) is 0 Å². The van der Waals surface area contributed by atoms with Crippen LogP contribution in [0.25, 0.3) is 0 Å². The van der Waals surface area contributed by atoms with Crippen molar-refractivity contribution < 1.29 is 19.1 Å². The smallest absolute Gasteiger partial charge is 0.339 e. The minimum absolute atomic E-state index is 0.0753. The number of imide groups is 1. The zero-order valence-electron chi connectivity index (χ0n) is 14.4. The summed E-state index contributed by atoms with van der Waals surface area (Å²) in [4.78, 5) is 38.4. The minimum Gasteiger partial charge on any atom is -0.465 e. The molecule has 0 aliphatic carbocycles. The second kappa shape index (κ2) is 7.42. The second-order valence-corrected chi connectivity index (χ2v) is 6.54. The van der Waals surface area contributed by atoms with Crippen LogP contribution in [0.1, 0.15) is 15.9 Å². The Kier molecular flexibility index (Phi) is 5.21. The number of ether oxygens (including phenoxy) is 1. The van der Waals surface area contributed by atoms with E-state index in [0.29, 0.717) is 10.7 Å². The number of nitrogens with one attached hydrogen (secondary N) is 1. The van der Waals surface area contributed by atoms with E-state index >= 15 is 0 Å². The SMILES string of the molecule is COC(=O)c1ccccc1N1C(=O)C(Cl)=C(Nc2cc(Cl)ccc2C)C1=O. The van der Waals surface area contributed by atoms with Crippen LogP contribution in [-0.2, 0) is 14.3 Å². The topological polar surface area (TPSA) is 75.7 Å². The number of benzene rings is 2. The lowest BCUT2D eigenvalue weighted by atomic mass is 10.1. The Morgan fingerprint density at radius 3 is 2.48 bits per heavy atom. The van der Waals surface area contributed by atoms with Gasteiger partial charge >= 0.3 is 5.97 Å². The predicted molar refractivity (Wildman–Crippen MR) is 103 cm³/mol. The molecule has 0 unspecified atom stereocenters. The zero-order valence-corrected chi connectivity index (χ0v) is 15.9. The Bertz CT molecular complexity index is 1000. The molecule has 6 nitrogen and oxygen atoms in total. The van der Waals surface area contributed by atoms with Crippen molar-refractivity contribution in [1.82, 2.24) is 0 Å². The van der Waals surface area contributed by atoms with Crippen molar-refractivity contribution in [3.63, 3.8) is 0 Å². The summed E-state index contributed by atoms with van der Waals surface area (Å²) < 4.78 is 4.72. The van der Waals surface area contributed by atoms with Gasteiger partial charge in [-0.1, -0.05) is 41.4 Å². The van der Waals surface area contributed by atoms with Crippen LogP contribution >= 0.6 is 23.2 Å². The second-order valence-electron chi connectivity index (χ2n) is 5.73. The molecule has 3 rings (SSSR count). The molecule has 0 aromatic heterocycles. The largest absolute Gasteiger partial charge is 0.465 e. The number of nitrogens with zero attached hydrogens (tertiary/aromatic N) is 1. The Labute approximate surface area is 165 Å². The Balaban J connectivity index is 2.00. The highest BCUT2D eigenvalue weighted by molar-refractivity contribution is 6.53. The molecule has 0 bridgehead atoms. The lowest BCUT2D eigenvalue weighted by Gasteiger charge is -2.18. The summed E-state index contributed by atoms with van der Waals surface area (Å²) in [6, 6.07) is 11.2. The summed E-state index contributed by atoms with van der Waals surface area (Å²) in [6.45, 7) is 1.82. The van der Waals surface area contributed by atoms with E-state index in [1.54, 1.807) is 30.3 Å². The molecule has 1 heterocycles. The van der Waals surface area contributed by atoms with Crippen LogP contribution in [0.4, 0.5) is 11.4 Å². The van der Waals surface area contributed by atoms with Gasteiger partial charge in [0.2, 0.25) is 0 Å². The summed E-state index contributed by atoms with van der Waals surface area (Å²) in [7, 11) is 1.22. The Morgan fingerprint density at radius 1 is 1.07 bits per heavy atom. The van der Waals surface area contributed by atoms with Crippen molar-refractivity contribution in [2.75, 3.05) is 17.3 Å². The molecule has 2 aromatic rings. The molecule has 1 aliphatic heterocycles. The molecular weight excluding hydrogens is 391 g/mol. The number of carbonyl (C=O) groups is 3. The van der Waals surface area contributed by atoms with Crippen LogP contribution < -0.4 is 10.2 Å². The minimum atomic E-state index is -0.736. The van der Waals surface area contributed by atoms with Gasteiger partial charge in [0, 0.05) is 10.7 Å². The normalized spacial score (nSPS) is 14.0. The molecule has 2 aromatic carbocycles. The average molecular weight is 405 g/mol. The fourth-order valence-corrected chi connectivity index (χ4v) is 3.03. The van der Waals surface area contributed by atoms with Gasteiger partial charge in [-0.05, 0) is 36.8 Å². The van der Waals surface area contributed by atoms with E-state index in [0.717, 1.165) is 10.5 Å². The van der Waals surface area contributed by atoms with Crippen LogP contribution in [0.15, 0.2) is 53.2 Å². The summed E-state index contributed by atoms with van der Waals surface area (Å²) in [6.07, 6.45) is 0. The maximum absolute atomic E-state index is 12.9. The Morgan fingerprint density at radius 2 is 1.78 bits per heavy atom. The molecule has 0 saturated carbocycles. The van der Waals surface area contributed by atoms with Gasteiger partial charge < -0.3 is 10.1 Å². The van der Waals surface area contributed by atoms with Crippen LogP contribution in [0.3, 0.4) is 0 Å². The van der Waals surface area contributed by atoms with Crippen LogP contribution in [0.5, 0.6) is 0 Å². The van der Waals surface area contributed by atoms with Crippen molar-refractivity contribution in [1.29, 1.82) is 0 Å². The van der Waals surface area contributed by atoms with Gasteiger partial charge in [-0.3, -0.25) is 9.59 Å². The highest BCUT2D eigenvalue weighted by atomic mass is 35.5. The molecule has 0 spiro atoms. The molecule has 1 N–H and O–H groups in total. The van der Waals surface area contributed by atoms with E-state index in [-0.39, 0.29) is 22.0 Å². The number of rotatable bonds is 4. The third kappa shape index (κ3) is 3.41. The quantitative estimate of drug-likeness (QED) is 0.618. The first-order valence-corrected chi connectivity index (χ1v) is 8.59.